The molecule has 0 aliphatic carbocycles. The molecule has 9 heteroatoms. The quantitative estimate of drug-likeness (QED) is 0.756. The smallest absolute Gasteiger partial charge is 0.240 e. The molecule has 3 rings (SSSR count). The molecule has 0 aromatic carbocycles. The minimum atomic E-state index is -0.156. The molecule has 2 aromatic heterocycles. The van der Waals surface area contributed by atoms with E-state index in [9.17, 15) is 0 Å². The summed E-state index contributed by atoms with van der Waals surface area (Å²) in [5, 5.41) is 15.1. The van der Waals surface area contributed by atoms with Gasteiger partial charge >= 0.3 is 0 Å². The monoisotopic (exact) mass is 348 g/mol. The Hall–Kier alpha value is -2.10. The van der Waals surface area contributed by atoms with Crippen LogP contribution in [-0.2, 0) is 16.0 Å². The van der Waals surface area contributed by atoms with E-state index in [4.69, 9.17) is 14.0 Å². The van der Waals surface area contributed by atoms with Gasteiger partial charge in [0.25, 0.3) is 0 Å². The fourth-order valence-corrected chi connectivity index (χ4v) is 2.67. The van der Waals surface area contributed by atoms with Gasteiger partial charge in [-0.1, -0.05) is 5.16 Å². The van der Waals surface area contributed by atoms with Crippen LogP contribution in [0.15, 0.2) is 22.9 Å². The first-order valence-corrected chi connectivity index (χ1v) is 8.54. The van der Waals surface area contributed by atoms with Gasteiger partial charge in [0.15, 0.2) is 5.82 Å². The molecule has 9 nitrogen and oxygen atoms in total. The van der Waals surface area contributed by atoms with Crippen LogP contribution in [0, 0.1) is 0 Å². The summed E-state index contributed by atoms with van der Waals surface area (Å²) in [5.74, 6) is 1.93. The van der Waals surface area contributed by atoms with Gasteiger partial charge in [0, 0.05) is 32.4 Å². The van der Waals surface area contributed by atoms with Crippen LogP contribution in [0.2, 0.25) is 0 Å². The van der Waals surface area contributed by atoms with Crippen molar-refractivity contribution in [2.45, 2.75) is 32.6 Å². The zero-order valence-electron chi connectivity index (χ0n) is 14.6. The van der Waals surface area contributed by atoms with Gasteiger partial charge in [-0.05, 0) is 26.0 Å². The van der Waals surface area contributed by atoms with Crippen molar-refractivity contribution >= 4 is 5.82 Å². The second-order valence-corrected chi connectivity index (χ2v) is 5.86. The van der Waals surface area contributed by atoms with Crippen LogP contribution in [0.5, 0.6) is 0 Å². The maximum Gasteiger partial charge on any atom is 0.240 e. The van der Waals surface area contributed by atoms with E-state index in [0.29, 0.717) is 38.0 Å². The summed E-state index contributed by atoms with van der Waals surface area (Å²) in [6.45, 7) is 8.05. The average Bonchev–Trinajstić information content (AvgIpc) is 3.10. The number of morpholine rings is 1. The summed E-state index contributed by atoms with van der Waals surface area (Å²) in [4.78, 5) is 6.67. The van der Waals surface area contributed by atoms with E-state index in [-0.39, 0.29) is 12.2 Å². The average molecular weight is 348 g/mol. The number of nitrogens with zero attached hydrogens (tertiary/aromatic N) is 5. The zero-order valence-corrected chi connectivity index (χ0v) is 14.6. The normalized spacial score (nSPS) is 19.7. The summed E-state index contributed by atoms with van der Waals surface area (Å²) >= 11 is 0. The van der Waals surface area contributed by atoms with Gasteiger partial charge in [-0.15, -0.1) is 5.10 Å². The van der Waals surface area contributed by atoms with Crippen molar-refractivity contribution in [1.29, 1.82) is 0 Å². The number of hydrogen-bond acceptors (Lipinski definition) is 9. The topological polar surface area (TPSA) is 98.4 Å². The first-order chi connectivity index (χ1) is 12.2. The van der Waals surface area contributed by atoms with Crippen LogP contribution in [0.25, 0.3) is 0 Å². The number of rotatable bonds is 8. The fraction of sp³-hybridized carbons (Fsp3) is 0.625. The summed E-state index contributed by atoms with van der Waals surface area (Å²) in [7, 11) is 0. The molecule has 0 bridgehead atoms. The lowest BCUT2D eigenvalue weighted by molar-refractivity contribution is -0.0268. The fourth-order valence-electron chi connectivity index (χ4n) is 2.67. The van der Waals surface area contributed by atoms with Gasteiger partial charge in [-0.2, -0.15) is 10.1 Å². The predicted molar refractivity (Wildman–Crippen MR) is 89.9 cm³/mol. The Morgan fingerprint density at radius 2 is 2.40 bits per heavy atom. The highest BCUT2D eigenvalue weighted by Crippen LogP contribution is 2.15. The number of hydrogen-bond donors (Lipinski definition) is 1. The maximum absolute atomic E-state index is 5.80. The molecule has 1 N–H and O–H groups in total. The first kappa shape index (κ1) is 17.7. The third kappa shape index (κ3) is 5.18. The molecule has 0 amide bonds. The van der Waals surface area contributed by atoms with Crippen molar-refractivity contribution in [3.8, 4) is 0 Å². The lowest BCUT2D eigenvalue weighted by Crippen LogP contribution is -2.44. The Morgan fingerprint density at radius 3 is 3.20 bits per heavy atom. The molecule has 2 aromatic rings. The van der Waals surface area contributed by atoms with Gasteiger partial charge in [-0.25, -0.2) is 0 Å². The summed E-state index contributed by atoms with van der Waals surface area (Å²) < 4.78 is 16.6. The molecule has 1 aliphatic heterocycles. The third-order valence-electron chi connectivity index (χ3n) is 3.93. The van der Waals surface area contributed by atoms with Gasteiger partial charge in [0.2, 0.25) is 5.89 Å². The molecule has 0 unspecified atom stereocenters. The molecule has 0 saturated carbocycles. The molecule has 3 heterocycles. The lowest BCUT2D eigenvalue weighted by atomic mass is 10.2. The zero-order chi connectivity index (χ0) is 17.5. The minimum absolute atomic E-state index is 0.0699. The highest BCUT2D eigenvalue weighted by molar-refractivity contribution is 5.31. The Kier molecular flexibility index (Phi) is 6.26. The second kappa shape index (κ2) is 8.84. The Labute approximate surface area is 146 Å². The Balaban J connectivity index is 1.48. The summed E-state index contributed by atoms with van der Waals surface area (Å²) in [6, 6.07) is 3.73. The van der Waals surface area contributed by atoms with Crippen molar-refractivity contribution < 1.29 is 14.0 Å². The molecule has 2 atom stereocenters. The number of aromatic nitrogens is 4. The van der Waals surface area contributed by atoms with Crippen molar-refractivity contribution in [3.63, 3.8) is 0 Å². The van der Waals surface area contributed by atoms with Crippen LogP contribution in [0.1, 0.15) is 31.7 Å². The maximum atomic E-state index is 5.80. The van der Waals surface area contributed by atoms with Crippen molar-refractivity contribution in [1.82, 2.24) is 25.2 Å². The molecule has 0 radical (unpaired) electrons. The molecular formula is C16H24N6O3. The molecule has 25 heavy (non-hydrogen) atoms. The highest BCUT2D eigenvalue weighted by Gasteiger charge is 2.23. The van der Waals surface area contributed by atoms with Gasteiger partial charge in [0.1, 0.15) is 11.9 Å². The van der Waals surface area contributed by atoms with Crippen LogP contribution in [0.4, 0.5) is 5.82 Å². The highest BCUT2D eigenvalue weighted by atomic mass is 16.5. The Bertz CT molecular complexity index is 638. The molecule has 1 fully saturated rings. The Morgan fingerprint density at radius 1 is 1.48 bits per heavy atom. The van der Waals surface area contributed by atoms with Gasteiger partial charge in [0.05, 0.1) is 19.3 Å². The lowest BCUT2D eigenvalue weighted by Gasteiger charge is -2.32. The SMILES string of the molecule is CCO[C@H](C)c1noc(CN2CCO[C@H](CNc3cccnn3)C2)n1. The molecule has 136 valence electrons. The van der Waals surface area contributed by atoms with E-state index >= 15 is 0 Å². The number of anilines is 1. The molecule has 0 spiro atoms. The number of nitrogens with one attached hydrogen (secondary N) is 1. The van der Waals surface area contributed by atoms with Crippen LogP contribution in [-0.4, -0.2) is 64.2 Å². The van der Waals surface area contributed by atoms with Crippen LogP contribution >= 0.6 is 0 Å². The summed E-state index contributed by atoms with van der Waals surface area (Å²) in [6.07, 6.45) is 1.56. The van der Waals surface area contributed by atoms with Crippen LogP contribution in [0.3, 0.4) is 0 Å². The minimum Gasteiger partial charge on any atom is -0.374 e. The van der Waals surface area contributed by atoms with Crippen molar-refractivity contribution in [2.24, 2.45) is 0 Å². The molecule has 1 saturated heterocycles. The van der Waals surface area contributed by atoms with E-state index in [1.54, 1.807) is 6.20 Å². The first-order valence-electron chi connectivity index (χ1n) is 8.54. The number of ether oxygens (including phenoxy) is 2. The van der Waals surface area contributed by atoms with Crippen molar-refractivity contribution in [2.75, 3.05) is 38.2 Å². The third-order valence-corrected chi connectivity index (χ3v) is 3.93. The predicted octanol–water partition coefficient (Wildman–Crippen LogP) is 1.27. The largest absolute Gasteiger partial charge is 0.374 e. The van der Waals surface area contributed by atoms with E-state index in [1.165, 1.54) is 0 Å². The van der Waals surface area contributed by atoms with Crippen molar-refractivity contribution in [3.05, 3.63) is 30.0 Å². The van der Waals surface area contributed by atoms with Gasteiger partial charge in [-0.3, -0.25) is 4.90 Å². The van der Waals surface area contributed by atoms with E-state index in [0.717, 1.165) is 18.9 Å². The standard InChI is InChI=1S/C16H24N6O3/c1-3-23-12(2)16-19-15(25-21-16)11-22-7-8-24-13(10-22)9-17-14-5-4-6-18-20-14/h4-6,12-13H,3,7-11H2,1-2H3,(H,17,20)/t12-,13-/m1/s1. The van der Waals surface area contributed by atoms with Crippen LogP contribution < -0.4 is 5.32 Å². The van der Waals surface area contributed by atoms with E-state index in [1.807, 2.05) is 26.0 Å². The van der Waals surface area contributed by atoms with Gasteiger partial charge < -0.3 is 19.3 Å². The van der Waals surface area contributed by atoms with E-state index < -0.39 is 0 Å². The summed E-state index contributed by atoms with van der Waals surface area (Å²) in [5.41, 5.74) is 0. The second-order valence-electron chi connectivity index (χ2n) is 5.86. The van der Waals surface area contributed by atoms with E-state index in [2.05, 4.69) is 30.6 Å². The molecular weight excluding hydrogens is 324 g/mol. The molecule has 1 aliphatic rings.